The van der Waals surface area contributed by atoms with Gasteiger partial charge in [0.15, 0.2) is 0 Å². The van der Waals surface area contributed by atoms with Crippen molar-refractivity contribution in [2.45, 2.75) is 53.4 Å². The van der Waals surface area contributed by atoms with Gasteiger partial charge in [-0.15, -0.1) is 0 Å². The van der Waals surface area contributed by atoms with Gasteiger partial charge in [-0.2, -0.15) is 0 Å². The van der Waals surface area contributed by atoms with Gasteiger partial charge in [-0.05, 0) is 48.1 Å². The Morgan fingerprint density at radius 1 is 1.00 bits per heavy atom. The van der Waals surface area contributed by atoms with Crippen molar-refractivity contribution in [2.24, 2.45) is 0 Å². The Balaban J connectivity index is 2.12. The Morgan fingerprint density at radius 2 is 1.67 bits per heavy atom. The van der Waals surface area contributed by atoms with E-state index in [2.05, 4.69) is 26.1 Å². The highest BCUT2D eigenvalue weighted by atomic mass is 16.2. The van der Waals surface area contributed by atoms with Crippen LogP contribution in [0.5, 0.6) is 0 Å². The van der Waals surface area contributed by atoms with Crippen LogP contribution in [0.4, 0.5) is 11.4 Å². The fourth-order valence-corrected chi connectivity index (χ4v) is 3.15. The maximum absolute atomic E-state index is 12.6. The molecule has 2 aromatic rings. The zero-order chi connectivity index (χ0) is 20.2. The third-order valence-corrected chi connectivity index (χ3v) is 4.82. The summed E-state index contributed by atoms with van der Waals surface area (Å²) in [6, 6.07) is 13.7. The Bertz CT molecular complexity index is 835. The maximum atomic E-state index is 12.6. The van der Waals surface area contributed by atoms with Crippen LogP contribution in [0.1, 0.15) is 50.8 Å². The SMILES string of the molecule is CC(=O)N(CCC(=O)Nc1ccccc1C(C)(C)C)c1cccc(C)c1C. The molecule has 2 aromatic carbocycles. The zero-order valence-electron chi connectivity index (χ0n) is 17.2. The average Bonchev–Trinajstić information content (AvgIpc) is 2.58. The van der Waals surface area contributed by atoms with E-state index in [1.807, 2.05) is 56.3 Å². The van der Waals surface area contributed by atoms with Gasteiger partial charge in [0.1, 0.15) is 0 Å². The number of amides is 2. The Labute approximate surface area is 162 Å². The molecule has 0 aliphatic heterocycles. The van der Waals surface area contributed by atoms with E-state index in [1.54, 1.807) is 4.90 Å². The van der Waals surface area contributed by atoms with E-state index < -0.39 is 0 Å². The topological polar surface area (TPSA) is 49.4 Å². The predicted octanol–water partition coefficient (Wildman–Crippen LogP) is 4.98. The number of hydrogen-bond acceptors (Lipinski definition) is 2. The lowest BCUT2D eigenvalue weighted by atomic mass is 9.86. The molecule has 0 heterocycles. The summed E-state index contributed by atoms with van der Waals surface area (Å²) in [6.07, 6.45) is 0.242. The second-order valence-corrected chi connectivity index (χ2v) is 7.98. The van der Waals surface area contributed by atoms with Gasteiger partial charge >= 0.3 is 0 Å². The minimum Gasteiger partial charge on any atom is -0.326 e. The fraction of sp³-hybridized carbons (Fsp3) is 0.391. The van der Waals surface area contributed by atoms with Crippen molar-refractivity contribution in [3.8, 4) is 0 Å². The van der Waals surface area contributed by atoms with Crippen molar-refractivity contribution in [2.75, 3.05) is 16.8 Å². The first kappa shape index (κ1) is 20.7. The molecular formula is C23H30N2O2. The molecule has 0 bridgehead atoms. The molecule has 0 unspecified atom stereocenters. The van der Waals surface area contributed by atoms with Gasteiger partial charge in [0.25, 0.3) is 0 Å². The molecule has 2 amide bonds. The van der Waals surface area contributed by atoms with Crippen LogP contribution in [0.2, 0.25) is 0 Å². The fourth-order valence-electron chi connectivity index (χ4n) is 3.15. The molecule has 0 aliphatic carbocycles. The lowest BCUT2D eigenvalue weighted by molar-refractivity contribution is -0.117. The Hall–Kier alpha value is -2.62. The van der Waals surface area contributed by atoms with Crippen LogP contribution in [-0.2, 0) is 15.0 Å². The van der Waals surface area contributed by atoms with Gasteiger partial charge in [0.05, 0.1) is 0 Å². The average molecular weight is 367 g/mol. The highest BCUT2D eigenvalue weighted by Gasteiger charge is 2.20. The number of nitrogens with zero attached hydrogens (tertiary/aromatic N) is 1. The maximum Gasteiger partial charge on any atom is 0.226 e. The molecule has 1 N–H and O–H groups in total. The van der Waals surface area contributed by atoms with Crippen molar-refractivity contribution in [1.29, 1.82) is 0 Å². The molecule has 27 heavy (non-hydrogen) atoms. The van der Waals surface area contributed by atoms with E-state index in [0.717, 1.165) is 28.1 Å². The van der Waals surface area contributed by atoms with Crippen LogP contribution in [0.3, 0.4) is 0 Å². The lowest BCUT2D eigenvalue weighted by Crippen LogP contribution is -2.32. The number of hydrogen-bond donors (Lipinski definition) is 1. The molecular weight excluding hydrogens is 336 g/mol. The molecule has 0 aliphatic rings. The van der Waals surface area contributed by atoms with Crippen LogP contribution in [0.15, 0.2) is 42.5 Å². The van der Waals surface area contributed by atoms with E-state index in [0.29, 0.717) is 6.54 Å². The monoisotopic (exact) mass is 366 g/mol. The molecule has 4 nitrogen and oxygen atoms in total. The smallest absolute Gasteiger partial charge is 0.226 e. The highest BCUT2D eigenvalue weighted by molar-refractivity contribution is 5.95. The zero-order valence-corrected chi connectivity index (χ0v) is 17.2. The number of benzene rings is 2. The number of para-hydroxylation sites is 1. The van der Waals surface area contributed by atoms with Crippen molar-refractivity contribution in [1.82, 2.24) is 0 Å². The first-order chi connectivity index (χ1) is 12.6. The van der Waals surface area contributed by atoms with Crippen LogP contribution >= 0.6 is 0 Å². The van der Waals surface area contributed by atoms with Crippen LogP contribution in [0.25, 0.3) is 0 Å². The summed E-state index contributed by atoms with van der Waals surface area (Å²) in [5.41, 5.74) is 4.92. The molecule has 0 spiro atoms. The van der Waals surface area contributed by atoms with Crippen LogP contribution < -0.4 is 10.2 Å². The Kier molecular flexibility index (Phi) is 6.42. The summed E-state index contributed by atoms with van der Waals surface area (Å²) >= 11 is 0. The summed E-state index contributed by atoms with van der Waals surface area (Å²) in [5.74, 6) is -0.158. The van der Waals surface area contributed by atoms with Crippen molar-refractivity contribution in [3.05, 3.63) is 59.2 Å². The number of anilines is 2. The third kappa shape index (κ3) is 5.19. The Morgan fingerprint density at radius 3 is 2.30 bits per heavy atom. The van der Waals surface area contributed by atoms with Crippen molar-refractivity contribution >= 4 is 23.2 Å². The highest BCUT2D eigenvalue weighted by Crippen LogP contribution is 2.29. The number of nitrogens with one attached hydrogen (secondary N) is 1. The van der Waals surface area contributed by atoms with E-state index >= 15 is 0 Å². The second-order valence-electron chi connectivity index (χ2n) is 7.98. The number of aryl methyl sites for hydroxylation is 1. The first-order valence-electron chi connectivity index (χ1n) is 9.35. The van der Waals surface area contributed by atoms with Gasteiger partial charge in [-0.1, -0.05) is 51.1 Å². The number of carbonyl (C=O) groups is 2. The van der Waals surface area contributed by atoms with Crippen LogP contribution in [0, 0.1) is 13.8 Å². The molecule has 0 saturated heterocycles. The number of carbonyl (C=O) groups excluding carboxylic acids is 2. The molecule has 0 fully saturated rings. The predicted molar refractivity (Wildman–Crippen MR) is 112 cm³/mol. The third-order valence-electron chi connectivity index (χ3n) is 4.82. The molecule has 0 aromatic heterocycles. The van der Waals surface area contributed by atoms with Crippen molar-refractivity contribution in [3.63, 3.8) is 0 Å². The molecule has 2 rings (SSSR count). The van der Waals surface area contributed by atoms with Crippen LogP contribution in [-0.4, -0.2) is 18.4 Å². The van der Waals surface area contributed by atoms with Crippen molar-refractivity contribution < 1.29 is 9.59 Å². The summed E-state index contributed by atoms with van der Waals surface area (Å²) < 4.78 is 0. The minimum absolute atomic E-state index is 0.0615. The largest absolute Gasteiger partial charge is 0.326 e. The molecule has 144 valence electrons. The molecule has 4 heteroatoms. The van der Waals surface area contributed by atoms with E-state index in [-0.39, 0.29) is 23.7 Å². The second kappa shape index (κ2) is 8.38. The summed E-state index contributed by atoms with van der Waals surface area (Å²) in [6.45, 7) is 12.3. The van der Waals surface area contributed by atoms with Gasteiger partial charge < -0.3 is 10.2 Å². The summed E-state index contributed by atoms with van der Waals surface area (Å²) in [4.78, 5) is 26.4. The first-order valence-corrected chi connectivity index (χ1v) is 9.35. The quantitative estimate of drug-likeness (QED) is 0.811. The molecule has 0 atom stereocenters. The van der Waals surface area contributed by atoms with E-state index in [9.17, 15) is 9.59 Å². The lowest BCUT2D eigenvalue weighted by Gasteiger charge is -2.25. The van der Waals surface area contributed by atoms with Gasteiger partial charge in [-0.25, -0.2) is 0 Å². The number of rotatable bonds is 5. The van der Waals surface area contributed by atoms with Gasteiger partial charge in [0.2, 0.25) is 11.8 Å². The molecule has 0 radical (unpaired) electrons. The standard InChI is InChI=1S/C23H30N2O2/c1-16-10-9-13-21(17(16)2)25(18(3)26)15-14-22(27)24-20-12-8-7-11-19(20)23(4,5)6/h7-13H,14-15H2,1-6H3,(H,24,27). The van der Waals surface area contributed by atoms with Gasteiger partial charge in [0, 0.05) is 31.3 Å². The summed E-state index contributed by atoms with van der Waals surface area (Å²) in [7, 11) is 0. The van der Waals surface area contributed by atoms with E-state index in [4.69, 9.17) is 0 Å². The minimum atomic E-state index is -0.0942. The molecule has 0 saturated carbocycles. The summed E-state index contributed by atoms with van der Waals surface area (Å²) in [5, 5.41) is 3.01. The normalized spacial score (nSPS) is 11.2. The van der Waals surface area contributed by atoms with Gasteiger partial charge in [-0.3, -0.25) is 9.59 Å². The van der Waals surface area contributed by atoms with E-state index in [1.165, 1.54) is 6.92 Å².